The quantitative estimate of drug-likeness (QED) is 0.334. The summed E-state index contributed by atoms with van der Waals surface area (Å²) >= 11 is 7.31. The average molecular weight is 439 g/mol. The zero-order valence-corrected chi connectivity index (χ0v) is 13.5. The van der Waals surface area contributed by atoms with E-state index in [4.69, 9.17) is 11.6 Å². The average Bonchev–Trinajstić information content (AvgIpc) is 2.44. The Morgan fingerprint density at radius 3 is 2.32 bits per heavy atom. The number of halogens is 4. The topological polar surface area (TPSA) is 72.2 Å². The number of anilines is 1. The van der Waals surface area contributed by atoms with E-state index < -0.39 is 22.5 Å². The Kier molecular flexibility index (Phi) is 4.91. The van der Waals surface area contributed by atoms with Crippen molar-refractivity contribution in [2.75, 3.05) is 5.32 Å². The minimum atomic E-state index is -0.814. The van der Waals surface area contributed by atoms with Gasteiger partial charge in [-0.3, -0.25) is 14.9 Å². The van der Waals surface area contributed by atoms with Gasteiger partial charge in [0.1, 0.15) is 11.6 Å². The van der Waals surface area contributed by atoms with Gasteiger partial charge in [0, 0.05) is 17.8 Å². The molecule has 0 spiro atoms. The van der Waals surface area contributed by atoms with Crippen molar-refractivity contribution >= 4 is 51.5 Å². The van der Waals surface area contributed by atoms with E-state index in [2.05, 4.69) is 5.32 Å². The van der Waals surface area contributed by atoms with Crippen LogP contribution in [0.1, 0.15) is 10.4 Å². The van der Waals surface area contributed by atoms with Crippen LogP contribution in [0.2, 0.25) is 5.02 Å². The maximum absolute atomic E-state index is 13.4. The normalized spacial score (nSPS) is 10.4. The number of hydrogen-bond acceptors (Lipinski definition) is 3. The number of amides is 1. The molecule has 0 atom stereocenters. The molecule has 114 valence electrons. The molecule has 1 amide bonds. The first kappa shape index (κ1) is 16.6. The summed E-state index contributed by atoms with van der Waals surface area (Å²) in [7, 11) is 0. The minimum absolute atomic E-state index is 0.0494. The van der Waals surface area contributed by atoms with Gasteiger partial charge in [-0.2, -0.15) is 0 Å². The molecule has 0 saturated heterocycles. The van der Waals surface area contributed by atoms with Crippen LogP contribution in [0.5, 0.6) is 0 Å². The van der Waals surface area contributed by atoms with Crippen molar-refractivity contribution in [3.8, 4) is 0 Å². The van der Waals surface area contributed by atoms with Crippen molar-refractivity contribution in [2.24, 2.45) is 0 Å². The molecule has 0 bridgehead atoms. The highest BCUT2D eigenvalue weighted by Gasteiger charge is 2.16. The van der Waals surface area contributed by atoms with E-state index in [1.807, 2.05) is 0 Å². The molecular weight excluding hydrogens is 433 g/mol. The molecule has 0 aliphatic rings. The number of carbonyl (C=O) groups is 1. The number of carbonyl (C=O) groups excluding carboxylic acids is 1. The number of benzene rings is 2. The largest absolute Gasteiger partial charge is 0.322 e. The van der Waals surface area contributed by atoms with E-state index in [1.54, 1.807) is 0 Å². The predicted molar refractivity (Wildman–Crippen MR) is 85.1 cm³/mol. The van der Waals surface area contributed by atoms with E-state index in [9.17, 15) is 23.7 Å². The first-order valence-corrected chi connectivity index (χ1v) is 7.15. The van der Waals surface area contributed by atoms with Crippen LogP contribution < -0.4 is 5.32 Å². The number of nitro groups is 1. The summed E-state index contributed by atoms with van der Waals surface area (Å²) in [4.78, 5) is 22.0. The molecule has 0 radical (unpaired) electrons. The second-order valence-electron chi connectivity index (χ2n) is 4.13. The van der Waals surface area contributed by atoms with E-state index in [0.29, 0.717) is 0 Å². The zero-order valence-electron chi connectivity index (χ0n) is 10.6. The van der Waals surface area contributed by atoms with Crippen molar-refractivity contribution in [2.45, 2.75) is 0 Å². The van der Waals surface area contributed by atoms with E-state index >= 15 is 0 Å². The van der Waals surface area contributed by atoms with Crippen LogP contribution >= 0.6 is 34.2 Å². The summed E-state index contributed by atoms with van der Waals surface area (Å²) in [6.45, 7) is 0. The summed E-state index contributed by atoms with van der Waals surface area (Å²) in [6, 6.07) is 5.21. The van der Waals surface area contributed by atoms with Gasteiger partial charge < -0.3 is 5.32 Å². The summed E-state index contributed by atoms with van der Waals surface area (Å²) in [5, 5.41) is 12.7. The Labute approximate surface area is 141 Å². The van der Waals surface area contributed by atoms with E-state index in [-0.39, 0.29) is 25.5 Å². The minimum Gasteiger partial charge on any atom is -0.322 e. The van der Waals surface area contributed by atoms with Gasteiger partial charge in [-0.15, -0.1) is 0 Å². The molecule has 2 aromatic carbocycles. The molecular formula is C13H6ClF2IN2O3. The molecule has 0 fully saturated rings. The van der Waals surface area contributed by atoms with Crippen molar-refractivity contribution in [1.82, 2.24) is 0 Å². The standard InChI is InChI=1S/C13H6ClF2IN2O3/c14-9-5-7(19(21)22)1-2-8(9)13(20)18-6-3-10(15)12(17)11(16)4-6/h1-5H,(H,18,20). The van der Waals surface area contributed by atoms with Crippen LogP contribution in [0.15, 0.2) is 30.3 Å². The smallest absolute Gasteiger partial charge is 0.270 e. The van der Waals surface area contributed by atoms with Gasteiger partial charge in [-0.1, -0.05) is 11.6 Å². The Morgan fingerprint density at radius 2 is 1.82 bits per heavy atom. The number of nitro benzene ring substituents is 1. The van der Waals surface area contributed by atoms with Crippen molar-refractivity contribution < 1.29 is 18.5 Å². The van der Waals surface area contributed by atoms with Gasteiger partial charge in [0.25, 0.3) is 11.6 Å². The van der Waals surface area contributed by atoms with Gasteiger partial charge in [0.2, 0.25) is 0 Å². The Balaban J connectivity index is 2.28. The van der Waals surface area contributed by atoms with E-state index in [0.717, 1.165) is 30.3 Å². The third-order valence-electron chi connectivity index (χ3n) is 2.65. The molecule has 0 aliphatic heterocycles. The Morgan fingerprint density at radius 1 is 1.23 bits per heavy atom. The molecule has 0 heterocycles. The number of hydrogen-bond donors (Lipinski definition) is 1. The molecule has 2 rings (SSSR count). The highest BCUT2D eigenvalue weighted by molar-refractivity contribution is 14.1. The number of non-ortho nitro benzene ring substituents is 1. The van der Waals surface area contributed by atoms with Gasteiger partial charge in [0.15, 0.2) is 0 Å². The van der Waals surface area contributed by atoms with Crippen LogP contribution in [-0.2, 0) is 0 Å². The first-order valence-electron chi connectivity index (χ1n) is 5.69. The summed E-state index contributed by atoms with van der Waals surface area (Å²) in [5.74, 6) is -2.36. The molecule has 5 nitrogen and oxygen atoms in total. The predicted octanol–water partition coefficient (Wildman–Crippen LogP) is 4.38. The van der Waals surface area contributed by atoms with Crippen molar-refractivity contribution in [3.63, 3.8) is 0 Å². The molecule has 1 N–H and O–H groups in total. The fraction of sp³-hybridized carbons (Fsp3) is 0. The lowest BCUT2D eigenvalue weighted by Crippen LogP contribution is -2.13. The number of rotatable bonds is 3. The highest BCUT2D eigenvalue weighted by Crippen LogP contribution is 2.25. The van der Waals surface area contributed by atoms with Gasteiger partial charge in [-0.05, 0) is 40.8 Å². The van der Waals surface area contributed by atoms with Crippen LogP contribution in [0, 0.1) is 25.3 Å². The maximum Gasteiger partial charge on any atom is 0.270 e. The third kappa shape index (κ3) is 3.50. The molecule has 0 aliphatic carbocycles. The van der Waals surface area contributed by atoms with Crippen molar-refractivity contribution in [1.29, 1.82) is 0 Å². The molecule has 9 heteroatoms. The van der Waals surface area contributed by atoms with Crippen LogP contribution in [0.3, 0.4) is 0 Å². The second kappa shape index (κ2) is 6.53. The summed E-state index contributed by atoms with van der Waals surface area (Å²) in [5.41, 5.74) is -0.408. The lowest BCUT2D eigenvalue weighted by atomic mass is 10.2. The van der Waals surface area contributed by atoms with Gasteiger partial charge >= 0.3 is 0 Å². The van der Waals surface area contributed by atoms with Gasteiger partial charge in [0.05, 0.1) is 19.1 Å². The fourth-order valence-electron chi connectivity index (χ4n) is 1.63. The second-order valence-corrected chi connectivity index (χ2v) is 5.62. The highest BCUT2D eigenvalue weighted by atomic mass is 127. The zero-order chi connectivity index (χ0) is 16.4. The van der Waals surface area contributed by atoms with E-state index in [1.165, 1.54) is 22.6 Å². The summed E-state index contributed by atoms with van der Waals surface area (Å²) in [6.07, 6.45) is 0. The van der Waals surface area contributed by atoms with Crippen LogP contribution in [0.25, 0.3) is 0 Å². The lowest BCUT2D eigenvalue weighted by Gasteiger charge is -2.08. The number of nitrogens with one attached hydrogen (secondary N) is 1. The molecule has 2 aromatic rings. The molecule has 22 heavy (non-hydrogen) atoms. The third-order valence-corrected chi connectivity index (χ3v) is 3.99. The fourth-order valence-corrected chi connectivity index (χ4v) is 2.20. The van der Waals surface area contributed by atoms with Gasteiger partial charge in [-0.25, -0.2) is 8.78 Å². The summed E-state index contributed by atoms with van der Waals surface area (Å²) < 4.78 is 26.6. The molecule has 0 unspecified atom stereocenters. The maximum atomic E-state index is 13.4. The number of nitrogens with zero attached hydrogens (tertiary/aromatic N) is 1. The van der Waals surface area contributed by atoms with Crippen molar-refractivity contribution in [3.05, 3.63) is 66.2 Å². The Hall–Kier alpha value is -1.81. The molecule has 0 aromatic heterocycles. The molecule has 0 saturated carbocycles. The van der Waals surface area contributed by atoms with Crippen LogP contribution in [-0.4, -0.2) is 10.8 Å². The monoisotopic (exact) mass is 438 g/mol. The lowest BCUT2D eigenvalue weighted by molar-refractivity contribution is -0.384. The van der Waals surface area contributed by atoms with Crippen LogP contribution in [0.4, 0.5) is 20.2 Å². The Bertz CT molecular complexity index is 763. The SMILES string of the molecule is O=C(Nc1cc(F)c(I)c(F)c1)c1ccc([N+](=O)[O-])cc1Cl. The first-order chi connectivity index (χ1) is 10.3.